The number of rotatable bonds is 2. The largest absolute Gasteiger partial charge is 0.489 e. The van der Waals surface area contributed by atoms with E-state index in [9.17, 15) is 4.79 Å². The predicted molar refractivity (Wildman–Crippen MR) is 121 cm³/mol. The number of pyridine rings is 1. The molecule has 6 rings (SSSR count). The summed E-state index contributed by atoms with van der Waals surface area (Å²) in [7, 11) is 0. The number of benzene rings is 1. The number of carbonyl (C=O) groups excluding carboxylic acids is 1. The van der Waals surface area contributed by atoms with Gasteiger partial charge in [0.15, 0.2) is 5.78 Å². The van der Waals surface area contributed by atoms with Gasteiger partial charge < -0.3 is 10.5 Å². The second kappa shape index (κ2) is 6.89. The van der Waals surface area contributed by atoms with E-state index < -0.39 is 0 Å². The Morgan fingerprint density at radius 1 is 1.19 bits per heavy atom. The summed E-state index contributed by atoms with van der Waals surface area (Å²) >= 11 is 0. The molecule has 4 aliphatic rings. The lowest BCUT2D eigenvalue weighted by molar-refractivity contribution is -0.117. The first-order chi connectivity index (χ1) is 15.1. The van der Waals surface area contributed by atoms with Gasteiger partial charge in [-0.25, -0.2) is 0 Å². The van der Waals surface area contributed by atoms with Crippen molar-refractivity contribution in [2.45, 2.75) is 44.6 Å². The molecule has 1 aliphatic heterocycles. The first kappa shape index (κ1) is 19.0. The van der Waals surface area contributed by atoms with Crippen LogP contribution in [-0.4, -0.2) is 23.4 Å². The lowest BCUT2D eigenvalue weighted by atomic mass is 9.64. The van der Waals surface area contributed by atoms with Gasteiger partial charge in [0.25, 0.3) is 0 Å². The molecule has 4 heteroatoms. The number of aromatic nitrogens is 1. The zero-order valence-electron chi connectivity index (χ0n) is 17.9. The summed E-state index contributed by atoms with van der Waals surface area (Å²) in [6.45, 7) is 2.93. The van der Waals surface area contributed by atoms with Crippen LogP contribution in [0.1, 0.15) is 44.1 Å². The van der Waals surface area contributed by atoms with Crippen LogP contribution in [0.4, 0.5) is 0 Å². The molecule has 2 N–H and O–H groups in total. The van der Waals surface area contributed by atoms with Gasteiger partial charge >= 0.3 is 0 Å². The maximum atomic E-state index is 12.6. The molecular formula is C27H28N2O2. The van der Waals surface area contributed by atoms with Crippen LogP contribution in [-0.2, 0) is 9.53 Å². The molecule has 5 atom stereocenters. The number of nitrogens with zero attached hydrogens (tertiary/aromatic N) is 1. The van der Waals surface area contributed by atoms with E-state index >= 15 is 0 Å². The fraction of sp³-hybridized carbons (Fsp3) is 0.407. The van der Waals surface area contributed by atoms with Crippen molar-refractivity contribution in [1.29, 1.82) is 0 Å². The Morgan fingerprint density at radius 3 is 2.97 bits per heavy atom. The zero-order chi connectivity index (χ0) is 21.2. The van der Waals surface area contributed by atoms with Gasteiger partial charge in [0.2, 0.25) is 0 Å². The number of ketones is 1. The van der Waals surface area contributed by atoms with Crippen molar-refractivity contribution in [1.82, 2.24) is 4.98 Å². The van der Waals surface area contributed by atoms with E-state index in [1.165, 1.54) is 16.3 Å². The van der Waals surface area contributed by atoms with Crippen molar-refractivity contribution in [2.75, 3.05) is 6.54 Å². The molecular weight excluding hydrogens is 384 g/mol. The number of hydrogen-bond acceptors (Lipinski definition) is 4. The summed E-state index contributed by atoms with van der Waals surface area (Å²) < 4.78 is 6.61. The van der Waals surface area contributed by atoms with E-state index in [-0.39, 0.29) is 23.2 Å². The first-order valence-corrected chi connectivity index (χ1v) is 11.4. The summed E-state index contributed by atoms with van der Waals surface area (Å²) in [5.41, 5.74) is 9.26. The first-order valence-electron chi connectivity index (χ1n) is 11.4. The van der Waals surface area contributed by atoms with Gasteiger partial charge in [0, 0.05) is 36.5 Å². The molecule has 1 aromatic carbocycles. The van der Waals surface area contributed by atoms with Crippen LogP contribution in [0.15, 0.2) is 71.8 Å². The number of nitrogens with two attached hydrogens (primary N) is 1. The quantitative estimate of drug-likeness (QED) is 0.768. The minimum atomic E-state index is 0.0344. The number of allylic oxidation sites excluding steroid dienone is 4. The predicted octanol–water partition coefficient (Wildman–Crippen LogP) is 4.82. The van der Waals surface area contributed by atoms with Gasteiger partial charge in [-0.15, -0.1) is 0 Å². The van der Waals surface area contributed by atoms with E-state index in [4.69, 9.17) is 10.5 Å². The smallest absolute Gasteiger partial charge is 0.166 e. The second-order valence-corrected chi connectivity index (χ2v) is 9.87. The number of Topliss-reactive ketones (excluding diaryl/α,β-unsaturated/α-hetero) is 1. The zero-order valence-corrected chi connectivity index (χ0v) is 17.9. The third-order valence-corrected chi connectivity index (χ3v) is 8.17. The molecule has 0 saturated heterocycles. The van der Waals surface area contributed by atoms with Gasteiger partial charge in [0.05, 0.1) is 5.57 Å². The molecule has 0 spiro atoms. The SMILES string of the molecule is C[C@]12C=CC3=CC4=C(CC(CN)CC4=O)O[C@H]3[C@@H]1CC[C@@H]2c1ccc2cnccc2c1. The fourth-order valence-electron chi connectivity index (χ4n) is 6.40. The van der Waals surface area contributed by atoms with Gasteiger partial charge in [-0.1, -0.05) is 37.3 Å². The summed E-state index contributed by atoms with van der Waals surface area (Å²) in [6.07, 6.45) is 14.1. The van der Waals surface area contributed by atoms with Crippen molar-refractivity contribution in [3.63, 3.8) is 0 Å². The molecule has 1 aromatic heterocycles. The van der Waals surface area contributed by atoms with Gasteiger partial charge in [-0.3, -0.25) is 9.78 Å². The van der Waals surface area contributed by atoms with E-state index in [0.29, 0.717) is 24.8 Å². The van der Waals surface area contributed by atoms with Crippen molar-refractivity contribution in [3.8, 4) is 0 Å². The molecule has 2 heterocycles. The average Bonchev–Trinajstić information content (AvgIpc) is 3.15. The molecule has 158 valence electrons. The highest BCUT2D eigenvalue weighted by atomic mass is 16.5. The fourth-order valence-corrected chi connectivity index (χ4v) is 6.40. The van der Waals surface area contributed by atoms with E-state index in [2.05, 4.69) is 54.4 Å². The molecule has 31 heavy (non-hydrogen) atoms. The Kier molecular flexibility index (Phi) is 4.23. The van der Waals surface area contributed by atoms with E-state index in [0.717, 1.165) is 36.2 Å². The van der Waals surface area contributed by atoms with Crippen LogP contribution in [0.2, 0.25) is 0 Å². The van der Waals surface area contributed by atoms with Crippen LogP contribution in [0, 0.1) is 17.3 Å². The summed E-state index contributed by atoms with van der Waals surface area (Å²) in [5.74, 6) is 2.12. The normalized spacial score (nSPS) is 34.1. The van der Waals surface area contributed by atoms with Gasteiger partial charge in [-0.2, -0.15) is 0 Å². The van der Waals surface area contributed by atoms with E-state index in [1.807, 2.05) is 12.4 Å². The maximum absolute atomic E-state index is 12.6. The van der Waals surface area contributed by atoms with Gasteiger partial charge in [-0.05, 0) is 65.3 Å². The third kappa shape index (κ3) is 2.85. The summed E-state index contributed by atoms with van der Waals surface area (Å²) in [6, 6.07) is 8.90. The van der Waals surface area contributed by atoms with Crippen LogP contribution in [0.5, 0.6) is 0 Å². The molecule has 2 aromatic rings. The van der Waals surface area contributed by atoms with Crippen molar-refractivity contribution < 1.29 is 9.53 Å². The molecule has 0 radical (unpaired) electrons. The van der Waals surface area contributed by atoms with Crippen LogP contribution >= 0.6 is 0 Å². The number of ether oxygens (including phenoxy) is 1. The Balaban J connectivity index is 1.35. The minimum absolute atomic E-state index is 0.0344. The van der Waals surface area contributed by atoms with E-state index in [1.54, 1.807) is 0 Å². The summed E-state index contributed by atoms with van der Waals surface area (Å²) in [4.78, 5) is 16.9. The highest BCUT2D eigenvalue weighted by Gasteiger charge is 2.53. The molecule has 1 saturated carbocycles. The van der Waals surface area contributed by atoms with Crippen LogP contribution < -0.4 is 5.73 Å². The highest BCUT2D eigenvalue weighted by Crippen LogP contribution is 2.59. The van der Waals surface area contributed by atoms with Crippen LogP contribution in [0.3, 0.4) is 0 Å². The monoisotopic (exact) mass is 412 g/mol. The molecule has 3 aliphatic carbocycles. The Hall–Kier alpha value is -2.72. The Morgan fingerprint density at radius 2 is 2.10 bits per heavy atom. The number of carbonyl (C=O) groups is 1. The highest BCUT2D eigenvalue weighted by molar-refractivity contribution is 6.00. The lowest BCUT2D eigenvalue weighted by Gasteiger charge is -2.45. The van der Waals surface area contributed by atoms with Crippen molar-refractivity contribution in [2.24, 2.45) is 23.0 Å². The Labute approximate surface area is 182 Å². The van der Waals surface area contributed by atoms with Crippen LogP contribution in [0.25, 0.3) is 10.8 Å². The maximum Gasteiger partial charge on any atom is 0.166 e. The number of hydrogen-bond donors (Lipinski definition) is 1. The second-order valence-electron chi connectivity index (χ2n) is 9.87. The standard InChI is InChI=1S/C27H28N2O2/c1-27-8-6-19-13-21-24(30)10-16(14-28)11-25(21)31-26(19)23(27)5-4-22(27)18-2-3-20-15-29-9-7-17(20)12-18/h2-3,6-9,12-13,15-16,22-23,26H,4-5,10-11,14,28H2,1H3/t16?,22-,23+,26-,27-/m1/s1. The molecule has 4 nitrogen and oxygen atoms in total. The molecule has 1 fully saturated rings. The Bertz CT molecular complexity index is 1180. The lowest BCUT2D eigenvalue weighted by Crippen LogP contribution is -2.41. The topological polar surface area (TPSA) is 65.2 Å². The molecule has 1 unspecified atom stereocenters. The van der Waals surface area contributed by atoms with Crippen molar-refractivity contribution >= 4 is 16.6 Å². The molecule has 0 bridgehead atoms. The molecule has 0 amide bonds. The summed E-state index contributed by atoms with van der Waals surface area (Å²) in [5, 5.41) is 2.43. The minimum Gasteiger partial charge on any atom is -0.489 e. The third-order valence-electron chi connectivity index (χ3n) is 8.17. The van der Waals surface area contributed by atoms with Gasteiger partial charge in [0.1, 0.15) is 11.9 Å². The average molecular weight is 413 g/mol. The number of fused-ring (bicyclic) bond motifs is 4. The van der Waals surface area contributed by atoms with Crippen molar-refractivity contribution in [3.05, 3.63) is 77.4 Å².